The van der Waals surface area contributed by atoms with Crippen molar-refractivity contribution in [3.8, 4) is 5.75 Å². The molecule has 0 atom stereocenters. The predicted molar refractivity (Wildman–Crippen MR) is 89.3 cm³/mol. The van der Waals surface area contributed by atoms with Crippen LogP contribution in [0.4, 0.5) is 5.82 Å². The van der Waals surface area contributed by atoms with Gasteiger partial charge >= 0.3 is 5.97 Å². The Morgan fingerprint density at radius 2 is 1.96 bits per heavy atom. The Balaban J connectivity index is 2.89. The quantitative estimate of drug-likeness (QED) is 0.764. The molecule has 0 saturated carbocycles. The lowest BCUT2D eigenvalue weighted by Crippen LogP contribution is -2.25. The summed E-state index contributed by atoms with van der Waals surface area (Å²) >= 11 is 12.2. The van der Waals surface area contributed by atoms with Crippen LogP contribution in [-0.4, -0.2) is 28.1 Å². The first-order valence-electron chi connectivity index (χ1n) is 7.04. The maximum atomic E-state index is 12.1. The number of hydrogen-bond donors (Lipinski definition) is 2. The lowest BCUT2D eigenvalue weighted by atomic mass is 9.85. The van der Waals surface area contributed by atoms with E-state index in [0.717, 1.165) is 0 Å². The Bertz CT molecular complexity index is 603. The average Bonchev–Trinajstić information content (AvgIpc) is 2.35. The molecule has 1 aromatic rings. The number of carbonyl (C=O) groups excluding carboxylic acids is 1. The van der Waals surface area contributed by atoms with E-state index in [1.807, 2.05) is 13.8 Å². The molecule has 1 aromatic heterocycles. The third-order valence-electron chi connectivity index (χ3n) is 2.81. The highest BCUT2D eigenvalue weighted by atomic mass is 35.5. The summed E-state index contributed by atoms with van der Waals surface area (Å²) in [6, 6.07) is 0. The van der Waals surface area contributed by atoms with E-state index in [9.17, 15) is 9.59 Å². The zero-order valence-corrected chi connectivity index (χ0v) is 15.0. The Morgan fingerprint density at radius 3 is 2.48 bits per heavy atom. The largest absolute Gasteiger partial charge is 0.488 e. The molecule has 0 saturated heterocycles. The molecule has 0 aliphatic rings. The van der Waals surface area contributed by atoms with Crippen molar-refractivity contribution < 1.29 is 19.4 Å². The Morgan fingerprint density at radius 1 is 1.35 bits per heavy atom. The summed E-state index contributed by atoms with van der Waals surface area (Å²) in [7, 11) is 0. The number of carbonyl (C=O) groups is 2. The highest BCUT2D eigenvalue weighted by Gasteiger charge is 2.26. The lowest BCUT2D eigenvalue weighted by Gasteiger charge is -2.21. The number of carboxylic acids is 1. The van der Waals surface area contributed by atoms with E-state index in [0.29, 0.717) is 0 Å². The Labute approximate surface area is 145 Å². The van der Waals surface area contributed by atoms with E-state index >= 15 is 0 Å². The van der Waals surface area contributed by atoms with E-state index < -0.39 is 11.4 Å². The number of nitrogens with one attached hydrogen (secondary N) is 1. The van der Waals surface area contributed by atoms with Gasteiger partial charge in [-0.25, -0.2) is 4.98 Å². The fourth-order valence-electron chi connectivity index (χ4n) is 1.96. The number of nitrogens with zero attached hydrogens (tertiary/aromatic N) is 1. The summed E-state index contributed by atoms with van der Waals surface area (Å²) in [6.07, 6.45) is 1.08. The van der Waals surface area contributed by atoms with Gasteiger partial charge in [-0.1, -0.05) is 37.0 Å². The number of aliphatic carboxylic acids is 1. The van der Waals surface area contributed by atoms with Crippen LogP contribution in [0, 0.1) is 5.41 Å². The van der Waals surface area contributed by atoms with Crippen molar-refractivity contribution in [1.82, 2.24) is 4.98 Å². The molecule has 0 unspecified atom stereocenters. The first kappa shape index (κ1) is 19.5. The van der Waals surface area contributed by atoms with Gasteiger partial charge in [-0.15, -0.1) is 0 Å². The number of aromatic nitrogens is 1. The molecule has 6 nitrogen and oxygen atoms in total. The van der Waals surface area contributed by atoms with Crippen LogP contribution in [0.1, 0.15) is 40.5 Å². The molecule has 1 rings (SSSR count). The van der Waals surface area contributed by atoms with Crippen LogP contribution in [0.25, 0.3) is 0 Å². The molecule has 0 fully saturated rings. The predicted octanol–water partition coefficient (Wildman–Crippen LogP) is 4.01. The number of anilines is 1. The van der Waals surface area contributed by atoms with Gasteiger partial charge in [0.1, 0.15) is 10.0 Å². The summed E-state index contributed by atoms with van der Waals surface area (Å²) in [5.41, 5.74) is -0.688. The molecule has 0 aliphatic carbocycles. The number of pyridine rings is 1. The number of amides is 1. The molecule has 1 heterocycles. The number of rotatable bonds is 7. The van der Waals surface area contributed by atoms with Crippen molar-refractivity contribution in [3.05, 3.63) is 16.2 Å². The van der Waals surface area contributed by atoms with Crippen LogP contribution in [-0.2, 0) is 9.59 Å². The van der Waals surface area contributed by atoms with Gasteiger partial charge in [0.25, 0.3) is 0 Å². The molecular formula is C15H20Cl2N2O4. The van der Waals surface area contributed by atoms with Gasteiger partial charge in [-0.3, -0.25) is 9.59 Å². The second kappa shape index (κ2) is 7.84. The Hall–Kier alpha value is -1.53. The molecule has 23 heavy (non-hydrogen) atoms. The monoisotopic (exact) mass is 362 g/mol. The number of hydrogen-bond acceptors (Lipinski definition) is 4. The maximum Gasteiger partial charge on any atom is 0.303 e. The third-order valence-corrected chi connectivity index (χ3v) is 3.43. The van der Waals surface area contributed by atoms with Crippen molar-refractivity contribution in [1.29, 1.82) is 0 Å². The zero-order valence-electron chi connectivity index (χ0n) is 13.4. The molecule has 8 heteroatoms. The molecule has 0 bridgehead atoms. The van der Waals surface area contributed by atoms with Gasteiger partial charge in [-0.05, 0) is 19.3 Å². The summed E-state index contributed by atoms with van der Waals surface area (Å²) in [5, 5.41) is 11.8. The average molecular weight is 363 g/mol. The van der Waals surface area contributed by atoms with Crippen LogP contribution in [0.15, 0.2) is 6.20 Å². The molecule has 128 valence electrons. The minimum absolute atomic E-state index is 0.0142. The van der Waals surface area contributed by atoms with E-state index in [2.05, 4.69) is 10.3 Å². The van der Waals surface area contributed by atoms with Gasteiger partial charge < -0.3 is 15.2 Å². The van der Waals surface area contributed by atoms with Crippen molar-refractivity contribution in [3.63, 3.8) is 0 Å². The Kier molecular flexibility index (Phi) is 6.65. The van der Waals surface area contributed by atoms with Crippen molar-refractivity contribution >= 4 is 40.9 Å². The number of halogens is 2. The second-order valence-electron chi connectivity index (χ2n) is 6.22. The molecule has 0 radical (unpaired) electrons. The molecular weight excluding hydrogens is 343 g/mol. The SMILES string of the molecule is CC(C)Oc1c(Cl)cnc(NC(=O)CC(C)(C)CC(=O)O)c1Cl. The van der Waals surface area contributed by atoms with Crippen LogP contribution >= 0.6 is 23.2 Å². The summed E-state index contributed by atoms with van der Waals surface area (Å²) in [6.45, 7) is 7.04. The van der Waals surface area contributed by atoms with Crippen molar-refractivity contribution in [2.75, 3.05) is 5.32 Å². The molecule has 0 aromatic carbocycles. The normalized spacial score (nSPS) is 11.4. The summed E-state index contributed by atoms with van der Waals surface area (Å²) in [5.74, 6) is -0.970. The van der Waals surface area contributed by atoms with Gasteiger partial charge in [0.2, 0.25) is 5.91 Å². The first-order chi connectivity index (χ1) is 10.5. The van der Waals surface area contributed by atoms with Crippen LogP contribution in [0.5, 0.6) is 5.75 Å². The molecule has 0 aliphatic heterocycles. The highest BCUT2D eigenvalue weighted by Crippen LogP contribution is 2.37. The minimum Gasteiger partial charge on any atom is -0.488 e. The lowest BCUT2D eigenvalue weighted by molar-refractivity contribution is -0.139. The van der Waals surface area contributed by atoms with Gasteiger partial charge in [-0.2, -0.15) is 0 Å². The first-order valence-corrected chi connectivity index (χ1v) is 7.79. The molecule has 0 spiro atoms. The van der Waals surface area contributed by atoms with E-state index in [1.165, 1.54) is 6.20 Å². The third kappa shape index (κ3) is 6.23. The van der Waals surface area contributed by atoms with Crippen LogP contribution in [0.3, 0.4) is 0 Å². The van der Waals surface area contributed by atoms with Crippen molar-refractivity contribution in [2.24, 2.45) is 5.41 Å². The summed E-state index contributed by atoms with van der Waals surface area (Å²) in [4.78, 5) is 26.9. The zero-order chi connectivity index (χ0) is 17.8. The topological polar surface area (TPSA) is 88.5 Å². The van der Waals surface area contributed by atoms with Crippen LogP contribution < -0.4 is 10.1 Å². The van der Waals surface area contributed by atoms with E-state index in [-0.39, 0.29) is 46.5 Å². The second-order valence-corrected chi connectivity index (χ2v) is 7.01. The molecule has 1 amide bonds. The minimum atomic E-state index is -0.960. The number of carboxylic acid groups (broad SMARTS) is 1. The van der Waals surface area contributed by atoms with Gasteiger partial charge in [0, 0.05) is 6.42 Å². The smallest absolute Gasteiger partial charge is 0.303 e. The fourth-order valence-corrected chi connectivity index (χ4v) is 2.44. The van der Waals surface area contributed by atoms with Gasteiger partial charge in [0.15, 0.2) is 11.6 Å². The van der Waals surface area contributed by atoms with E-state index in [1.54, 1.807) is 13.8 Å². The number of ether oxygens (including phenoxy) is 1. The standard InChI is InChI=1S/C15H20Cl2N2O4/c1-8(2)23-13-9(16)7-18-14(12(13)17)19-10(20)5-15(3,4)6-11(21)22/h7-8H,5-6H2,1-4H3,(H,21,22)(H,18,19,20). The van der Waals surface area contributed by atoms with Gasteiger partial charge in [0.05, 0.1) is 18.7 Å². The fraction of sp³-hybridized carbons (Fsp3) is 0.533. The van der Waals surface area contributed by atoms with Crippen LogP contribution in [0.2, 0.25) is 10.0 Å². The van der Waals surface area contributed by atoms with E-state index in [4.69, 9.17) is 33.0 Å². The highest BCUT2D eigenvalue weighted by molar-refractivity contribution is 6.38. The summed E-state index contributed by atoms with van der Waals surface area (Å²) < 4.78 is 5.52. The van der Waals surface area contributed by atoms with Crippen molar-refractivity contribution in [2.45, 2.75) is 46.6 Å². The maximum absolute atomic E-state index is 12.1. The molecule has 2 N–H and O–H groups in total.